The summed E-state index contributed by atoms with van der Waals surface area (Å²) in [5.74, 6) is -13.7. The van der Waals surface area contributed by atoms with Crippen molar-refractivity contribution in [3.63, 3.8) is 0 Å². The van der Waals surface area contributed by atoms with E-state index in [1.54, 1.807) is 133 Å². The quantitative estimate of drug-likeness (QED) is 0.0116. The summed E-state index contributed by atoms with van der Waals surface area (Å²) in [7, 11) is 0. The van der Waals surface area contributed by atoms with Crippen molar-refractivity contribution in [2.45, 2.75) is 230 Å². The Morgan fingerprint density at radius 1 is 0.467 bits per heavy atom. The number of nitrogens with two attached hydrogens (primary N) is 5. The third-order valence-electron chi connectivity index (χ3n) is 20.5. The van der Waals surface area contributed by atoms with Crippen molar-refractivity contribution in [2.75, 3.05) is 44.8 Å². The predicted octanol–water partition coefficient (Wildman–Crippen LogP) is -1.77. The summed E-state index contributed by atoms with van der Waals surface area (Å²) in [6, 6.07) is 4.75. The number of carbonyl (C=O) groups excluding carboxylic acids is 13. The Morgan fingerprint density at radius 3 is 1.42 bits per heavy atom. The first-order valence-corrected chi connectivity index (χ1v) is 42.7. The van der Waals surface area contributed by atoms with Gasteiger partial charge in [-0.15, -0.1) is 0 Å². The van der Waals surface area contributed by atoms with Crippen LogP contribution in [-0.2, 0) is 86.4 Å². The zero-order valence-corrected chi connectivity index (χ0v) is 71.7. The zero-order valence-electron chi connectivity index (χ0n) is 70.9. The number of unbranched alkanes of at least 4 members (excludes halogenated alkanes) is 2. The second-order valence-electron chi connectivity index (χ2n) is 31.2. The molecule has 672 valence electrons. The van der Waals surface area contributed by atoms with Crippen LogP contribution in [0.5, 0.6) is 0 Å². The number of carboxylic acid groups (broad SMARTS) is 1. The molecule has 5 rings (SSSR count). The van der Waals surface area contributed by atoms with Crippen LogP contribution in [-0.4, -0.2) is 243 Å². The zero-order chi connectivity index (χ0) is 90.3. The normalized spacial score (nSPS) is 15.0. The van der Waals surface area contributed by atoms with Crippen molar-refractivity contribution in [1.82, 2.24) is 79.1 Å². The molecule has 0 aliphatic carbocycles. The number of carbonyl (C=O) groups is 14. The van der Waals surface area contributed by atoms with Crippen molar-refractivity contribution in [3.05, 3.63) is 108 Å². The Bertz CT molecular complexity index is 4310. The van der Waals surface area contributed by atoms with Crippen LogP contribution in [0, 0.1) is 17.8 Å². The van der Waals surface area contributed by atoms with Gasteiger partial charge in [0.1, 0.15) is 72.5 Å². The van der Waals surface area contributed by atoms with Crippen molar-refractivity contribution in [3.8, 4) is 0 Å². The minimum atomic E-state index is -1.83. The molecule has 28 N–H and O–H groups in total. The number of rotatable bonds is 55. The summed E-state index contributed by atoms with van der Waals surface area (Å²) in [6.45, 7) is 11.6. The molecule has 0 bridgehead atoms. The third-order valence-corrected chi connectivity index (χ3v) is 21.2. The van der Waals surface area contributed by atoms with E-state index in [0.29, 0.717) is 89.3 Å². The number of nitrogens with one attached hydrogen (secondary N) is 15. The molecular formula is C83H127N21O17S. The van der Waals surface area contributed by atoms with E-state index in [0.717, 1.165) is 6.92 Å². The van der Waals surface area contributed by atoms with E-state index in [9.17, 15) is 72.9 Å². The Morgan fingerprint density at radius 2 is 0.902 bits per heavy atom. The molecule has 0 saturated carbocycles. The number of H-pyrrole nitrogens is 2. The van der Waals surface area contributed by atoms with E-state index in [4.69, 9.17) is 28.7 Å². The molecule has 0 aliphatic heterocycles. The number of guanidine groups is 1. The number of aliphatic hydroxyl groups is 2. The highest BCUT2D eigenvalue weighted by molar-refractivity contribution is 7.98. The molecule has 0 unspecified atom stereocenters. The van der Waals surface area contributed by atoms with Crippen LogP contribution >= 0.6 is 11.8 Å². The van der Waals surface area contributed by atoms with Crippen LogP contribution in [0.4, 0.5) is 0 Å². The average molecular weight is 1720 g/mol. The highest BCUT2D eigenvalue weighted by Crippen LogP contribution is 2.23. The third kappa shape index (κ3) is 33.3. The number of benzene rings is 3. The first-order chi connectivity index (χ1) is 58.0. The van der Waals surface area contributed by atoms with Gasteiger partial charge in [-0.25, -0.2) is 4.79 Å². The number of para-hydroxylation sites is 2. The van der Waals surface area contributed by atoms with E-state index in [1.807, 2.05) is 11.6 Å². The molecule has 0 saturated heterocycles. The van der Waals surface area contributed by atoms with Gasteiger partial charge in [-0.05, 0) is 150 Å². The Hall–Kier alpha value is -11.3. The second-order valence-corrected chi connectivity index (χ2v) is 32.2. The molecule has 39 heteroatoms. The molecule has 2 aromatic heterocycles. The molecule has 13 amide bonds. The summed E-state index contributed by atoms with van der Waals surface area (Å²) in [5, 5.41) is 65.5. The lowest BCUT2D eigenvalue weighted by atomic mass is 9.96. The number of aliphatic hydroxyl groups excluding tert-OH is 2. The lowest BCUT2D eigenvalue weighted by molar-refractivity contribution is -0.144. The summed E-state index contributed by atoms with van der Waals surface area (Å²) in [5.41, 5.74) is 31.9. The number of aromatic amines is 2. The molecule has 2 heterocycles. The maximum atomic E-state index is 15.2. The van der Waals surface area contributed by atoms with E-state index >= 15 is 9.59 Å². The number of hydrogen-bond acceptors (Lipinski definition) is 21. The van der Waals surface area contributed by atoms with Crippen molar-refractivity contribution >= 4 is 122 Å². The van der Waals surface area contributed by atoms with Crippen molar-refractivity contribution in [2.24, 2.45) is 51.4 Å². The molecule has 122 heavy (non-hydrogen) atoms. The molecule has 0 fully saturated rings. The summed E-state index contributed by atoms with van der Waals surface area (Å²) < 4.78 is 0. The SMILES string of the molecule is CC[C@H](C)[C@H](NC(=O)[C@H](C)NC(=O)[C@H](CCCCN)NC(=O)[C@@H](N)CCSC)C(=O)N[C@@H](Cc1ccccc1)C(=O)N[C@H](C(=O)N[C@@H](CC(C)C)C(=O)N[C@@H](CCCCN)C(=O)NCC(=O)N[C@@H](Cc1c[nH]c2ccccc12)C(=O)N[C@@H](Cc1c[nH]c2ccccc12)C(=O)N[C@@H](CCCN=C(N)N)C(=O)N[C@H](C(=O)N[C@@H](CO)C(=O)O)[C@@H](C)O)C(C)C. The van der Waals surface area contributed by atoms with Gasteiger partial charge in [-0.3, -0.25) is 67.3 Å². The predicted molar refractivity (Wildman–Crippen MR) is 463 cm³/mol. The summed E-state index contributed by atoms with van der Waals surface area (Å²) in [4.78, 5) is 209. The first kappa shape index (κ1) is 101. The largest absolute Gasteiger partial charge is 0.480 e. The lowest BCUT2D eigenvalue weighted by Gasteiger charge is -2.30. The van der Waals surface area contributed by atoms with Crippen LogP contribution < -0.4 is 97.8 Å². The molecule has 38 nitrogen and oxygen atoms in total. The maximum Gasteiger partial charge on any atom is 0.328 e. The minimum Gasteiger partial charge on any atom is -0.480 e. The van der Waals surface area contributed by atoms with E-state index in [2.05, 4.69) is 78.8 Å². The fourth-order valence-electron chi connectivity index (χ4n) is 13.3. The van der Waals surface area contributed by atoms with Crippen LogP contribution in [0.3, 0.4) is 0 Å². The molecule has 3 aromatic carbocycles. The van der Waals surface area contributed by atoms with Crippen LogP contribution in [0.1, 0.15) is 143 Å². The van der Waals surface area contributed by atoms with E-state index in [1.165, 1.54) is 18.7 Å². The monoisotopic (exact) mass is 1720 g/mol. The van der Waals surface area contributed by atoms with Gasteiger partial charge in [-0.1, -0.05) is 115 Å². The van der Waals surface area contributed by atoms with Gasteiger partial charge >= 0.3 is 5.97 Å². The fraction of sp³-hybridized carbons (Fsp3) is 0.554. The number of carboxylic acids is 1. The van der Waals surface area contributed by atoms with Crippen LogP contribution in [0.2, 0.25) is 0 Å². The summed E-state index contributed by atoms with van der Waals surface area (Å²) in [6.07, 6.45) is 5.42. The molecule has 5 aromatic rings. The van der Waals surface area contributed by atoms with Crippen molar-refractivity contribution < 1.29 is 82.4 Å². The van der Waals surface area contributed by atoms with Gasteiger partial charge < -0.3 is 123 Å². The molecular weight excluding hydrogens is 1600 g/mol. The minimum absolute atomic E-state index is 0.0142. The highest BCUT2D eigenvalue weighted by atomic mass is 32.2. The number of thioether (sulfide) groups is 1. The van der Waals surface area contributed by atoms with Gasteiger partial charge in [0, 0.05) is 60.0 Å². The van der Waals surface area contributed by atoms with Crippen LogP contribution in [0.15, 0.2) is 96.2 Å². The molecule has 0 aliphatic rings. The number of amides is 13. The maximum absolute atomic E-state index is 15.2. The number of fused-ring (bicyclic) bond motifs is 2. The number of nitrogens with zero attached hydrogens (tertiary/aromatic N) is 1. The van der Waals surface area contributed by atoms with E-state index < -0.39 is 192 Å². The fourth-order valence-corrected chi connectivity index (χ4v) is 13.8. The molecule has 0 radical (unpaired) electrons. The first-order valence-electron chi connectivity index (χ1n) is 41.3. The number of hydrogen-bond donors (Lipinski definition) is 23. The molecule has 0 spiro atoms. The lowest BCUT2D eigenvalue weighted by Crippen LogP contribution is -2.62. The topological polar surface area (TPSA) is 630 Å². The van der Waals surface area contributed by atoms with Crippen LogP contribution in [0.25, 0.3) is 21.8 Å². The highest BCUT2D eigenvalue weighted by Gasteiger charge is 2.39. The van der Waals surface area contributed by atoms with Gasteiger partial charge in [0.15, 0.2) is 5.96 Å². The van der Waals surface area contributed by atoms with E-state index in [-0.39, 0.29) is 76.3 Å². The van der Waals surface area contributed by atoms with Gasteiger partial charge in [-0.2, -0.15) is 11.8 Å². The smallest absolute Gasteiger partial charge is 0.328 e. The van der Waals surface area contributed by atoms with Gasteiger partial charge in [0.05, 0.1) is 25.3 Å². The number of aromatic nitrogens is 2. The average Bonchev–Trinajstić information content (AvgIpc) is 1.66. The Kier molecular flexibility index (Phi) is 43.3. The Balaban J connectivity index is 1.39. The van der Waals surface area contributed by atoms with Crippen molar-refractivity contribution in [1.29, 1.82) is 0 Å². The van der Waals surface area contributed by atoms with Gasteiger partial charge in [0.25, 0.3) is 0 Å². The number of aliphatic imine (C=N–C) groups is 1. The summed E-state index contributed by atoms with van der Waals surface area (Å²) >= 11 is 1.51. The second kappa shape index (κ2) is 52.2. The standard InChI is InChI=1S/C83H127N21O17S/c1-10-47(6)68(103-70(108)48(7)93-73(111)59(30-19-21-34-85)95-71(109)55(86)32-36-122-9)80(118)100-62(38-50-23-12-11-13-24-50)78(116)102-67(46(4)5)79(117)99-61(37-45(2)3)75(113)96-58(29-18-20-33-84)72(110)92-43-66(107)94-63(39-51-41-90-56-27-16-14-25-53(51)56)76(114)98-64(40-52-42-91-57-28-17-15-26-54(52)57)77(115)97-60(31-22-35-89-83(87)88)74(112)104-69(49(8)106)81(119)101-65(44-105)82(120)121/h11-17,23-28,41-42,45-49,55,58-65,67-69,90-91,105-106H,10,18-22,29-40,43-44,84-86H2,1-9H3,(H,92,110)(H,93,111)(H,94,107)(H,95,109)(H,96,113)(H,97,115)(H,98,114)(H,99,117)(H,100,118)(H,101,119)(H,102,116)(H,103,108)(H,104,112)(H,120,121)(H4,87,88,89)/t47-,48-,49+,55-,58-,59-,60-,61-,62-,63-,64-,65-,67-,68-,69-/m0/s1. The number of aliphatic carboxylic acids is 1. The molecule has 15 atom stereocenters. The van der Waals surface area contributed by atoms with Gasteiger partial charge in [0.2, 0.25) is 76.8 Å². The Labute approximate surface area is 714 Å².